The Morgan fingerprint density at radius 1 is 1.28 bits per heavy atom. The third-order valence-corrected chi connectivity index (χ3v) is 2.79. The molecule has 1 rings (SSSR count). The van der Waals surface area contributed by atoms with E-state index in [-0.39, 0.29) is 13.0 Å². The number of carboxylic acid groups (broad SMARTS) is 1. The van der Waals surface area contributed by atoms with Gasteiger partial charge in [0.1, 0.15) is 6.04 Å². The normalized spacial score (nSPS) is 11.9. The average molecular weight is 251 g/mol. The fraction of sp³-hybridized carbons (Fsp3) is 0.385. The Kier molecular flexibility index (Phi) is 4.85. The molecule has 0 aliphatic carbocycles. The van der Waals surface area contributed by atoms with Gasteiger partial charge in [0.2, 0.25) is 0 Å². The second-order valence-corrected chi connectivity index (χ2v) is 4.18. The van der Waals surface area contributed by atoms with Gasteiger partial charge >= 0.3 is 5.97 Å². The fourth-order valence-corrected chi connectivity index (χ4v) is 1.51. The van der Waals surface area contributed by atoms with Crippen LogP contribution in [0.2, 0.25) is 0 Å². The average Bonchev–Trinajstić information content (AvgIpc) is 2.31. The maximum absolute atomic E-state index is 11.8. The first-order chi connectivity index (χ1) is 8.45. The SMILES string of the molecule is Cc1ccc(C(=O)NC(CCO)C(=O)O)cc1C. The van der Waals surface area contributed by atoms with E-state index in [9.17, 15) is 9.59 Å². The van der Waals surface area contributed by atoms with Gasteiger partial charge in [-0.1, -0.05) is 6.07 Å². The van der Waals surface area contributed by atoms with Gasteiger partial charge in [-0.2, -0.15) is 0 Å². The lowest BCUT2D eigenvalue weighted by Gasteiger charge is -2.13. The number of benzene rings is 1. The highest BCUT2D eigenvalue weighted by atomic mass is 16.4. The van der Waals surface area contributed by atoms with Crippen LogP contribution in [0.1, 0.15) is 27.9 Å². The number of hydrogen-bond donors (Lipinski definition) is 3. The Labute approximate surface area is 105 Å². The van der Waals surface area contributed by atoms with E-state index in [1.807, 2.05) is 19.9 Å². The van der Waals surface area contributed by atoms with Gasteiger partial charge < -0.3 is 15.5 Å². The summed E-state index contributed by atoms with van der Waals surface area (Å²) in [5.74, 6) is -1.60. The number of nitrogens with one attached hydrogen (secondary N) is 1. The molecule has 1 aromatic carbocycles. The zero-order valence-electron chi connectivity index (χ0n) is 10.4. The van der Waals surface area contributed by atoms with Crippen LogP contribution in [0.15, 0.2) is 18.2 Å². The number of aliphatic hydroxyl groups excluding tert-OH is 1. The van der Waals surface area contributed by atoms with E-state index in [1.165, 1.54) is 0 Å². The predicted octanol–water partition coefficient (Wildman–Crippen LogP) is 0.869. The molecule has 0 aromatic heterocycles. The number of carbonyl (C=O) groups is 2. The molecule has 1 unspecified atom stereocenters. The summed E-state index contributed by atoms with van der Waals surface area (Å²) in [5.41, 5.74) is 2.45. The van der Waals surface area contributed by atoms with Crippen LogP contribution in [0.5, 0.6) is 0 Å². The molecule has 5 nitrogen and oxygen atoms in total. The second kappa shape index (κ2) is 6.16. The van der Waals surface area contributed by atoms with Crippen LogP contribution < -0.4 is 5.32 Å². The number of rotatable bonds is 5. The molecule has 0 heterocycles. The van der Waals surface area contributed by atoms with E-state index in [4.69, 9.17) is 10.2 Å². The van der Waals surface area contributed by atoms with Gasteiger partial charge in [-0.3, -0.25) is 4.79 Å². The maximum atomic E-state index is 11.8. The van der Waals surface area contributed by atoms with E-state index in [2.05, 4.69) is 5.32 Å². The van der Waals surface area contributed by atoms with Crippen molar-refractivity contribution in [3.63, 3.8) is 0 Å². The van der Waals surface area contributed by atoms with E-state index < -0.39 is 17.9 Å². The number of hydrogen-bond acceptors (Lipinski definition) is 3. The van der Waals surface area contributed by atoms with E-state index >= 15 is 0 Å². The van der Waals surface area contributed by atoms with Gasteiger partial charge in [-0.15, -0.1) is 0 Å². The summed E-state index contributed by atoms with van der Waals surface area (Å²) in [6, 6.07) is 4.11. The lowest BCUT2D eigenvalue weighted by atomic mass is 10.1. The molecule has 1 amide bonds. The van der Waals surface area contributed by atoms with Gasteiger partial charge in [0.15, 0.2) is 0 Å². The zero-order chi connectivity index (χ0) is 13.7. The molecule has 0 saturated carbocycles. The van der Waals surface area contributed by atoms with Crippen LogP contribution in [0.25, 0.3) is 0 Å². The molecule has 0 bridgehead atoms. The molecular weight excluding hydrogens is 234 g/mol. The quantitative estimate of drug-likeness (QED) is 0.724. The zero-order valence-corrected chi connectivity index (χ0v) is 10.4. The summed E-state index contributed by atoms with van der Waals surface area (Å²) in [5, 5.41) is 20.0. The molecule has 0 radical (unpaired) electrons. The molecule has 98 valence electrons. The smallest absolute Gasteiger partial charge is 0.326 e. The minimum Gasteiger partial charge on any atom is -0.480 e. The van der Waals surface area contributed by atoms with Crippen LogP contribution in [0.3, 0.4) is 0 Å². The largest absolute Gasteiger partial charge is 0.480 e. The van der Waals surface area contributed by atoms with Crippen LogP contribution in [-0.2, 0) is 4.79 Å². The molecule has 1 aromatic rings. The molecule has 0 saturated heterocycles. The third kappa shape index (κ3) is 3.56. The summed E-state index contributed by atoms with van der Waals surface area (Å²) in [4.78, 5) is 22.7. The van der Waals surface area contributed by atoms with E-state index in [1.54, 1.807) is 12.1 Å². The molecule has 0 aliphatic rings. The van der Waals surface area contributed by atoms with Crippen LogP contribution in [0.4, 0.5) is 0 Å². The summed E-state index contributed by atoms with van der Waals surface area (Å²) in [6.07, 6.45) is -0.00802. The molecule has 0 aliphatic heterocycles. The first-order valence-corrected chi connectivity index (χ1v) is 5.67. The van der Waals surface area contributed by atoms with Crippen molar-refractivity contribution in [1.82, 2.24) is 5.32 Å². The Morgan fingerprint density at radius 2 is 1.94 bits per heavy atom. The number of aliphatic hydroxyl groups is 1. The van der Waals surface area contributed by atoms with Crippen molar-refractivity contribution in [3.05, 3.63) is 34.9 Å². The monoisotopic (exact) mass is 251 g/mol. The minimum absolute atomic E-state index is 0.00802. The van der Waals surface area contributed by atoms with Gasteiger partial charge in [0, 0.05) is 18.6 Å². The highest BCUT2D eigenvalue weighted by Crippen LogP contribution is 2.10. The van der Waals surface area contributed by atoms with Crippen LogP contribution in [-0.4, -0.2) is 34.7 Å². The molecule has 0 spiro atoms. The number of carbonyl (C=O) groups excluding carboxylic acids is 1. The number of aryl methyl sites for hydroxylation is 2. The Hall–Kier alpha value is -1.88. The van der Waals surface area contributed by atoms with Crippen LogP contribution >= 0.6 is 0 Å². The lowest BCUT2D eigenvalue weighted by molar-refractivity contribution is -0.139. The Morgan fingerprint density at radius 3 is 2.44 bits per heavy atom. The topological polar surface area (TPSA) is 86.6 Å². The van der Waals surface area contributed by atoms with Crippen molar-refractivity contribution in [2.24, 2.45) is 0 Å². The standard InChI is InChI=1S/C13H17NO4/c1-8-3-4-10(7-9(8)2)12(16)14-11(5-6-15)13(17)18/h3-4,7,11,15H,5-6H2,1-2H3,(H,14,16)(H,17,18). The van der Waals surface area contributed by atoms with E-state index in [0.717, 1.165) is 11.1 Å². The summed E-state index contributed by atoms with van der Waals surface area (Å²) >= 11 is 0. The van der Waals surface area contributed by atoms with Gasteiger partial charge in [-0.25, -0.2) is 4.79 Å². The fourth-order valence-electron chi connectivity index (χ4n) is 1.51. The molecule has 18 heavy (non-hydrogen) atoms. The van der Waals surface area contributed by atoms with E-state index in [0.29, 0.717) is 5.56 Å². The highest BCUT2D eigenvalue weighted by molar-refractivity contribution is 5.96. The van der Waals surface area contributed by atoms with Gasteiger partial charge in [0.25, 0.3) is 5.91 Å². The minimum atomic E-state index is -1.15. The predicted molar refractivity (Wildman–Crippen MR) is 66.5 cm³/mol. The van der Waals surface area contributed by atoms with Gasteiger partial charge in [0.05, 0.1) is 0 Å². The van der Waals surface area contributed by atoms with Crippen molar-refractivity contribution in [2.45, 2.75) is 26.3 Å². The highest BCUT2D eigenvalue weighted by Gasteiger charge is 2.20. The molecule has 5 heteroatoms. The first kappa shape index (κ1) is 14.2. The molecule has 3 N–H and O–H groups in total. The van der Waals surface area contributed by atoms with Crippen molar-refractivity contribution in [1.29, 1.82) is 0 Å². The van der Waals surface area contributed by atoms with Crippen molar-refractivity contribution in [2.75, 3.05) is 6.61 Å². The summed E-state index contributed by atoms with van der Waals surface area (Å²) in [6.45, 7) is 3.53. The second-order valence-electron chi connectivity index (χ2n) is 4.18. The molecular formula is C13H17NO4. The summed E-state index contributed by atoms with van der Waals surface area (Å²) < 4.78 is 0. The number of amides is 1. The molecule has 1 atom stereocenters. The Balaban J connectivity index is 2.80. The number of carboxylic acids is 1. The van der Waals surface area contributed by atoms with Gasteiger partial charge in [-0.05, 0) is 37.1 Å². The lowest BCUT2D eigenvalue weighted by Crippen LogP contribution is -2.41. The third-order valence-electron chi connectivity index (χ3n) is 2.79. The maximum Gasteiger partial charge on any atom is 0.326 e. The van der Waals surface area contributed by atoms with Crippen molar-refractivity contribution >= 4 is 11.9 Å². The Bertz CT molecular complexity index is 456. The molecule has 0 fully saturated rings. The van der Waals surface area contributed by atoms with Crippen molar-refractivity contribution < 1.29 is 19.8 Å². The number of aliphatic carboxylic acids is 1. The van der Waals surface area contributed by atoms with Crippen LogP contribution in [0, 0.1) is 13.8 Å². The first-order valence-electron chi connectivity index (χ1n) is 5.67. The van der Waals surface area contributed by atoms with Crippen molar-refractivity contribution in [3.8, 4) is 0 Å². The summed E-state index contributed by atoms with van der Waals surface area (Å²) in [7, 11) is 0.